The third kappa shape index (κ3) is 4.72. The fourth-order valence-electron chi connectivity index (χ4n) is 1.58. The summed E-state index contributed by atoms with van der Waals surface area (Å²) in [5.74, 6) is 0.395. The molecule has 1 atom stereocenters. The van der Waals surface area contributed by atoms with Crippen molar-refractivity contribution in [2.45, 2.75) is 32.7 Å². The third-order valence-electron chi connectivity index (χ3n) is 2.62. The molecule has 0 saturated heterocycles. The van der Waals surface area contributed by atoms with Crippen LogP contribution < -0.4 is 10.1 Å². The Labute approximate surface area is 110 Å². The Morgan fingerprint density at radius 2 is 2.05 bits per heavy atom. The first-order chi connectivity index (χ1) is 8.86. The van der Waals surface area contributed by atoms with Gasteiger partial charge in [0.2, 0.25) is 0 Å². The molecule has 1 rings (SSSR count). The number of alkyl halides is 3. The summed E-state index contributed by atoms with van der Waals surface area (Å²) in [4.78, 5) is 0. The molecular formula is C13H18F3NO2. The molecule has 0 saturated carbocycles. The summed E-state index contributed by atoms with van der Waals surface area (Å²) in [6.07, 6.45) is -7.14. The summed E-state index contributed by atoms with van der Waals surface area (Å²) in [7, 11) is 0. The maximum Gasteiger partial charge on any atom is 0.417 e. The van der Waals surface area contributed by atoms with Gasteiger partial charge in [-0.2, -0.15) is 13.2 Å². The number of hydrogen-bond donors (Lipinski definition) is 2. The van der Waals surface area contributed by atoms with Gasteiger partial charge in [-0.05, 0) is 19.0 Å². The number of hydrogen-bond acceptors (Lipinski definition) is 3. The van der Waals surface area contributed by atoms with Crippen LogP contribution in [0.15, 0.2) is 18.2 Å². The highest BCUT2D eigenvalue weighted by Crippen LogP contribution is 2.26. The lowest BCUT2D eigenvalue weighted by Crippen LogP contribution is -2.34. The van der Waals surface area contributed by atoms with E-state index in [1.165, 1.54) is 0 Å². The number of halogens is 3. The number of para-hydroxylation sites is 1. The van der Waals surface area contributed by atoms with Crippen LogP contribution >= 0.6 is 0 Å². The molecule has 1 unspecified atom stereocenters. The molecule has 0 aromatic heterocycles. The Morgan fingerprint density at radius 1 is 1.37 bits per heavy atom. The number of aliphatic hydroxyl groups excluding tert-OH is 1. The molecule has 0 bridgehead atoms. The smallest absolute Gasteiger partial charge is 0.417 e. The minimum atomic E-state index is -4.66. The van der Waals surface area contributed by atoms with Crippen molar-refractivity contribution in [1.29, 1.82) is 0 Å². The van der Waals surface area contributed by atoms with Gasteiger partial charge < -0.3 is 15.2 Å². The zero-order valence-corrected chi connectivity index (χ0v) is 10.9. The highest BCUT2D eigenvalue weighted by atomic mass is 19.4. The van der Waals surface area contributed by atoms with Gasteiger partial charge in [0.05, 0.1) is 0 Å². The molecule has 0 spiro atoms. The minimum Gasteiger partial charge on any atom is -0.490 e. The van der Waals surface area contributed by atoms with Crippen molar-refractivity contribution >= 4 is 0 Å². The van der Waals surface area contributed by atoms with Crippen LogP contribution in [0.25, 0.3) is 0 Å². The molecule has 19 heavy (non-hydrogen) atoms. The van der Waals surface area contributed by atoms with Crippen molar-refractivity contribution in [3.8, 4) is 5.75 Å². The summed E-state index contributed by atoms with van der Waals surface area (Å²) in [6.45, 7) is 4.15. The molecule has 0 heterocycles. The number of aryl methyl sites for hydroxylation is 1. The van der Waals surface area contributed by atoms with Crippen LogP contribution in [0.5, 0.6) is 5.75 Å². The summed E-state index contributed by atoms with van der Waals surface area (Å²) >= 11 is 0. The third-order valence-corrected chi connectivity index (χ3v) is 2.62. The van der Waals surface area contributed by atoms with Gasteiger partial charge in [0, 0.05) is 12.1 Å². The second-order valence-electron chi connectivity index (χ2n) is 4.21. The van der Waals surface area contributed by atoms with E-state index in [9.17, 15) is 13.2 Å². The zero-order valence-electron chi connectivity index (χ0n) is 10.9. The van der Waals surface area contributed by atoms with Gasteiger partial charge in [-0.25, -0.2) is 0 Å². The standard InChI is InChI=1S/C13H18F3NO2/c1-3-17-7-10-6-4-5-9(2)12(10)19-8-11(18)13(14,15)16/h4-6,11,17-18H,3,7-8H2,1-2H3. The molecule has 0 fully saturated rings. The topological polar surface area (TPSA) is 41.5 Å². The summed E-state index contributed by atoms with van der Waals surface area (Å²) in [6, 6.07) is 5.35. The van der Waals surface area contributed by atoms with Gasteiger partial charge in [-0.15, -0.1) is 0 Å². The van der Waals surface area contributed by atoms with Gasteiger partial charge in [0.25, 0.3) is 0 Å². The van der Waals surface area contributed by atoms with Crippen molar-refractivity contribution in [2.75, 3.05) is 13.2 Å². The van der Waals surface area contributed by atoms with Crippen LogP contribution in [-0.2, 0) is 6.54 Å². The monoisotopic (exact) mass is 277 g/mol. The van der Waals surface area contributed by atoms with Crippen LogP contribution in [0.1, 0.15) is 18.1 Å². The van der Waals surface area contributed by atoms with E-state index in [4.69, 9.17) is 9.84 Å². The number of nitrogens with one attached hydrogen (secondary N) is 1. The van der Waals surface area contributed by atoms with Crippen LogP contribution in [0, 0.1) is 6.92 Å². The van der Waals surface area contributed by atoms with Crippen molar-refractivity contribution in [1.82, 2.24) is 5.32 Å². The molecule has 0 aliphatic heterocycles. The van der Waals surface area contributed by atoms with E-state index in [1.54, 1.807) is 19.1 Å². The fraction of sp³-hybridized carbons (Fsp3) is 0.538. The normalized spacial score (nSPS) is 13.4. The Morgan fingerprint density at radius 3 is 2.63 bits per heavy atom. The molecule has 6 heteroatoms. The predicted octanol–water partition coefficient (Wildman–Crippen LogP) is 2.41. The first kappa shape index (κ1) is 15.8. The van der Waals surface area contributed by atoms with E-state index < -0.39 is 18.9 Å². The number of benzene rings is 1. The van der Waals surface area contributed by atoms with Crippen LogP contribution in [0.4, 0.5) is 13.2 Å². The minimum absolute atomic E-state index is 0.395. The van der Waals surface area contributed by atoms with Crippen molar-refractivity contribution in [3.63, 3.8) is 0 Å². The molecule has 0 radical (unpaired) electrons. The van der Waals surface area contributed by atoms with Crippen molar-refractivity contribution in [2.24, 2.45) is 0 Å². The summed E-state index contributed by atoms with van der Waals surface area (Å²) in [5, 5.41) is 12.0. The molecule has 0 amide bonds. The van der Waals surface area contributed by atoms with E-state index in [0.29, 0.717) is 12.3 Å². The predicted molar refractivity (Wildman–Crippen MR) is 66.1 cm³/mol. The summed E-state index contributed by atoms with van der Waals surface area (Å²) in [5.41, 5.74) is 1.51. The highest BCUT2D eigenvalue weighted by Gasteiger charge is 2.38. The quantitative estimate of drug-likeness (QED) is 0.839. The largest absolute Gasteiger partial charge is 0.490 e. The van der Waals surface area contributed by atoms with Gasteiger partial charge in [0.1, 0.15) is 12.4 Å². The van der Waals surface area contributed by atoms with Gasteiger partial charge >= 0.3 is 6.18 Å². The second-order valence-corrected chi connectivity index (χ2v) is 4.21. The highest BCUT2D eigenvalue weighted by molar-refractivity contribution is 5.40. The lowest BCUT2D eigenvalue weighted by atomic mass is 10.1. The lowest BCUT2D eigenvalue weighted by Gasteiger charge is -2.18. The van der Waals surface area contributed by atoms with Crippen LogP contribution in [0.3, 0.4) is 0 Å². The van der Waals surface area contributed by atoms with E-state index in [-0.39, 0.29) is 0 Å². The first-order valence-electron chi connectivity index (χ1n) is 6.03. The second kappa shape index (κ2) is 6.77. The number of aliphatic hydroxyl groups is 1. The average Bonchev–Trinajstić information content (AvgIpc) is 2.33. The van der Waals surface area contributed by atoms with E-state index in [2.05, 4.69) is 5.32 Å². The van der Waals surface area contributed by atoms with E-state index in [1.807, 2.05) is 13.0 Å². The SMILES string of the molecule is CCNCc1cccc(C)c1OCC(O)C(F)(F)F. The molecule has 2 N–H and O–H groups in total. The Bertz CT molecular complexity index is 407. The van der Waals surface area contributed by atoms with Gasteiger partial charge in [0.15, 0.2) is 6.10 Å². The molecule has 1 aromatic carbocycles. The number of rotatable bonds is 6. The molecule has 3 nitrogen and oxygen atoms in total. The molecule has 0 aliphatic carbocycles. The van der Waals surface area contributed by atoms with Crippen molar-refractivity contribution in [3.05, 3.63) is 29.3 Å². The Kier molecular flexibility index (Phi) is 5.62. The Balaban J connectivity index is 2.76. The average molecular weight is 277 g/mol. The lowest BCUT2D eigenvalue weighted by molar-refractivity contribution is -0.210. The summed E-state index contributed by atoms with van der Waals surface area (Å²) < 4.78 is 41.8. The van der Waals surface area contributed by atoms with E-state index in [0.717, 1.165) is 17.7 Å². The van der Waals surface area contributed by atoms with E-state index >= 15 is 0 Å². The molecule has 0 aliphatic rings. The van der Waals surface area contributed by atoms with Gasteiger partial charge in [-0.3, -0.25) is 0 Å². The fourth-order valence-corrected chi connectivity index (χ4v) is 1.58. The first-order valence-corrected chi connectivity index (χ1v) is 6.03. The number of ether oxygens (including phenoxy) is 1. The van der Waals surface area contributed by atoms with Crippen molar-refractivity contribution < 1.29 is 23.0 Å². The van der Waals surface area contributed by atoms with Crippen LogP contribution in [-0.4, -0.2) is 30.5 Å². The van der Waals surface area contributed by atoms with Crippen LogP contribution in [0.2, 0.25) is 0 Å². The molecule has 108 valence electrons. The van der Waals surface area contributed by atoms with Gasteiger partial charge in [-0.1, -0.05) is 25.1 Å². The molecule has 1 aromatic rings. The maximum atomic E-state index is 12.2. The molecular weight excluding hydrogens is 259 g/mol. The Hall–Kier alpha value is -1.27. The maximum absolute atomic E-state index is 12.2. The zero-order chi connectivity index (χ0) is 14.5.